The number of carbonyl (C=O) groups excluding carboxylic acids is 3. The highest BCUT2D eigenvalue weighted by Gasteiger charge is 2.43. The molecule has 1 aliphatic rings. The molecule has 2 aromatic rings. The number of hydroxylamine groups is 1. The number of nitrogens with zero attached hydrogens (tertiary/aromatic N) is 2. The minimum absolute atomic E-state index is 0.0688. The maximum Gasteiger partial charge on any atom is 0.416 e. The monoisotopic (exact) mass is 520 g/mol. The maximum atomic E-state index is 13.4. The summed E-state index contributed by atoms with van der Waals surface area (Å²) < 4.78 is 40.2. The van der Waals surface area contributed by atoms with Crippen molar-refractivity contribution in [2.24, 2.45) is 11.1 Å². The van der Waals surface area contributed by atoms with E-state index in [1.54, 1.807) is 12.1 Å². The van der Waals surface area contributed by atoms with Crippen molar-refractivity contribution in [1.82, 2.24) is 10.2 Å². The number of hydrogen-bond donors (Lipinski definition) is 2. The fourth-order valence-corrected chi connectivity index (χ4v) is 4.30. The van der Waals surface area contributed by atoms with Gasteiger partial charge in [0.1, 0.15) is 0 Å². The van der Waals surface area contributed by atoms with Gasteiger partial charge in [-0.2, -0.15) is 18.2 Å². The molecule has 1 heterocycles. The summed E-state index contributed by atoms with van der Waals surface area (Å²) in [5, 5.41) is 3.64. The van der Waals surface area contributed by atoms with Crippen LogP contribution in [0, 0.1) is 5.41 Å². The molecule has 3 rings (SSSR count). The van der Waals surface area contributed by atoms with Crippen molar-refractivity contribution in [2.75, 3.05) is 31.3 Å². The van der Waals surface area contributed by atoms with E-state index in [0.717, 1.165) is 23.1 Å². The summed E-state index contributed by atoms with van der Waals surface area (Å²) in [6, 6.07) is 12.2. The normalized spacial score (nSPS) is 15.2. The molecule has 1 saturated heterocycles. The Kier molecular flexibility index (Phi) is 9.28. The molecular formula is C26H31F3N4O4. The van der Waals surface area contributed by atoms with E-state index >= 15 is 0 Å². The van der Waals surface area contributed by atoms with Crippen LogP contribution < -0.4 is 16.1 Å². The lowest BCUT2D eigenvalue weighted by Gasteiger charge is -2.40. The molecule has 2 aromatic carbocycles. The van der Waals surface area contributed by atoms with Crippen LogP contribution in [0.5, 0.6) is 0 Å². The van der Waals surface area contributed by atoms with Crippen molar-refractivity contribution in [3.05, 3.63) is 65.2 Å². The first-order valence-electron chi connectivity index (χ1n) is 12.0. The molecule has 200 valence electrons. The Morgan fingerprint density at radius 1 is 1.14 bits per heavy atom. The van der Waals surface area contributed by atoms with Crippen molar-refractivity contribution >= 4 is 23.9 Å². The first-order chi connectivity index (χ1) is 17.6. The summed E-state index contributed by atoms with van der Waals surface area (Å²) >= 11 is 0. The molecule has 0 radical (unpaired) electrons. The van der Waals surface area contributed by atoms with Gasteiger partial charge in [0.25, 0.3) is 0 Å². The van der Waals surface area contributed by atoms with Gasteiger partial charge in [-0.15, -0.1) is 0 Å². The average Bonchev–Trinajstić information content (AvgIpc) is 2.91. The molecule has 0 unspecified atom stereocenters. The fourth-order valence-electron chi connectivity index (χ4n) is 4.30. The van der Waals surface area contributed by atoms with Gasteiger partial charge in [-0.3, -0.25) is 19.2 Å². The molecule has 8 nitrogen and oxygen atoms in total. The van der Waals surface area contributed by atoms with Gasteiger partial charge < -0.3 is 16.0 Å². The standard InChI is InChI=1S/C26H31F3N4O4/c1-2-19-7-9-21(10-8-19)33(18-34)37-17-25(11-13-32(14-12-25)23(35)15-30)24(36)31-16-20-5-3-4-6-22(20)26(27,28)29/h3-10,18H,2,11-17,30H2,1H3,(H,31,36). The molecule has 0 saturated carbocycles. The van der Waals surface area contributed by atoms with E-state index < -0.39 is 23.1 Å². The van der Waals surface area contributed by atoms with E-state index in [4.69, 9.17) is 10.6 Å². The topological polar surface area (TPSA) is 105 Å². The minimum Gasteiger partial charge on any atom is -0.351 e. The lowest BCUT2D eigenvalue weighted by molar-refractivity contribution is -0.145. The number of benzene rings is 2. The van der Waals surface area contributed by atoms with Crippen LogP contribution in [-0.4, -0.2) is 49.4 Å². The lowest BCUT2D eigenvalue weighted by Crippen LogP contribution is -2.53. The van der Waals surface area contributed by atoms with E-state index in [9.17, 15) is 27.6 Å². The summed E-state index contributed by atoms with van der Waals surface area (Å²) in [6.45, 7) is 1.73. The quantitative estimate of drug-likeness (QED) is 0.370. The van der Waals surface area contributed by atoms with Gasteiger partial charge in [0.2, 0.25) is 18.2 Å². The number of carbonyl (C=O) groups is 3. The largest absolute Gasteiger partial charge is 0.416 e. The Morgan fingerprint density at radius 2 is 1.78 bits per heavy atom. The van der Waals surface area contributed by atoms with Crippen LogP contribution in [0.3, 0.4) is 0 Å². The van der Waals surface area contributed by atoms with Crippen molar-refractivity contribution < 1.29 is 32.4 Å². The summed E-state index contributed by atoms with van der Waals surface area (Å²) in [5.41, 5.74) is 4.93. The molecule has 37 heavy (non-hydrogen) atoms. The van der Waals surface area contributed by atoms with Crippen LogP contribution in [0.1, 0.15) is 36.5 Å². The number of likely N-dealkylation sites (tertiary alicyclic amines) is 1. The van der Waals surface area contributed by atoms with E-state index in [2.05, 4.69) is 5.32 Å². The van der Waals surface area contributed by atoms with E-state index in [1.165, 1.54) is 23.1 Å². The first-order valence-corrected chi connectivity index (χ1v) is 12.0. The number of amides is 3. The molecule has 0 atom stereocenters. The van der Waals surface area contributed by atoms with Gasteiger partial charge >= 0.3 is 6.18 Å². The highest BCUT2D eigenvalue weighted by atomic mass is 19.4. The van der Waals surface area contributed by atoms with Crippen LogP contribution in [0.2, 0.25) is 0 Å². The zero-order valence-corrected chi connectivity index (χ0v) is 20.6. The highest BCUT2D eigenvalue weighted by molar-refractivity contribution is 5.84. The molecular weight excluding hydrogens is 489 g/mol. The molecule has 0 spiro atoms. The van der Waals surface area contributed by atoms with Gasteiger partial charge in [0.05, 0.1) is 29.8 Å². The Labute approximate surface area is 213 Å². The van der Waals surface area contributed by atoms with E-state index in [1.807, 2.05) is 19.1 Å². The van der Waals surface area contributed by atoms with Gasteiger partial charge in [-0.1, -0.05) is 37.3 Å². The number of aryl methyl sites for hydroxylation is 1. The third kappa shape index (κ3) is 6.86. The molecule has 0 aromatic heterocycles. The van der Waals surface area contributed by atoms with E-state index in [-0.39, 0.29) is 57.1 Å². The Hall–Kier alpha value is -3.44. The number of halogens is 3. The summed E-state index contributed by atoms with van der Waals surface area (Å²) in [7, 11) is 0. The summed E-state index contributed by atoms with van der Waals surface area (Å²) in [6.07, 6.45) is -2.88. The smallest absolute Gasteiger partial charge is 0.351 e. The minimum atomic E-state index is -4.56. The highest BCUT2D eigenvalue weighted by Crippen LogP contribution is 2.35. The second-order valence-corrected chi connectivity index (χ2v) is 8.93. The molecule has 0 bridgehead atoms. The van der Waals surface area contributed by atoms with Crippen LogP contribution in [0.25, 0.3) is 0 Å². The van der Waals surface area contributed by atoms with Crippen molar-refractivity contribution in [3.63, 3.8) is 0 Å². The van der Waals surface area contributed by atoms with Gasteiger partial charge in [0.15, 0.2) is 0 Å². The van der Waals surface area contributed by atoms with Crippen LogP contribution >= 0.6 is 0 Å². The molecule has 3 amide bonds. The summed E-state index contributed by atoms with van der Waals surface area (Å²) in [5.74, 6) is -0.781. The molecule has 3 N–H and O–H groups in total. The predicted molar refractivity (Wildman–Crippen MR) is 131 cm³/mol. The lowest BCUT2D eigenvalue weighted by atomic mass is 9.78. The summed E-state index contributed by atoms with van der Waals surface area (Å²) in [4.78, 5) is 44.5. The molecule has 1 fully saturated rings. The number of nitrogens with two attached hydrogens (primary N) is 1. The number of anilines is 1. The number of hydrogen-bond acceptors (Lipinski definition) is 5. The van der Waals surface area contributed by atoms with Gasteiger partial charge in [-0.25, -0.2) is 0 Å². The number of rotatable bonds is 10. The Morgan fingerprint density at radius 3 is 2.35 bits per heavy atom. The molecule has 0 aliphatic carbocycles. The zero-order valence-electron chi connectivity index (χ0n) is 20.6. The van der Waals surface area contributed by atoms with Crippen molar-refractivity contribution in [2.45, 2.75) is 38.9 Å². The SMILES string of the molecule is CCc1ccc(N(C=O)OCC2(C(=O)NCc3ccccc3C(F)(F)F)CCN(C(=O)CN)CC2)cc1. The number of alkyl halides is 3. The third-order valence-electron chi connectivity index (χ3n) is 6.67. The number of piperidine rings is 1. The van der Waals surface area contributed by atoms with Crippen LogP contribution in [0.15, 0.2) is 48.5 Å². The fraction of sp³-hybridized carbons (Fsp3) is 0.423. The molecule has 11 heteroatoms. The van der Waals surface area contributed by atoms with Crippen molar-refractivity contribution in [3.8, 4) is 0 Å². The average molecular weight is 521 g/mol. The predicted octanol–water partition coefficient (Wildman–Crippen LogP) is 3.05. The van der Waals surface area contributed by atoms with E-state index in [0.29, 0.717) is 12.1 Å². The second kappa shape index (κ2) is 12.2. The third-order valence-corrected chi connectivity index (χ3v) is 6.67. The Bertz CT molecular complexity index is 1080. The van der Waals surface area contributed by atoms with Crippen LogP contribution in [0.4, 0.5) is 18.9 Å². The van der Waals surface area contributed by atoms with Gasteiger partial charge in [-0.05, 0) is 48.6 Å². The first kappa shape index (κ1) is 28.1. The molecule has 1 aliphatic heterocycles. The second-order valence-electron chi connectivity index (χ2n) is 8.93. The van der Waals surface area contributed by atoms with Gasteiger partial charge in [0, 0.05) is 19.6 Å². The van der Waals surface area contributed by atoms with Crippen LogP contribution in [-0.2, 0) is 38.4 Å². The maximum absolute atomic E-state index is 13.4. The van der Waals surface area contributed by atoms with Crippen molar-refractivity contribution in [1.29, 1.82) is 0 Å². The Balaban J connectivity index is 1.78. The number of nitrogens with one attached hydrogen (secondary N) is 1. The zero-order chi connectivity index (χ0) is 27.1.